The largest absolute Gasteiger partial charge is 0.466 e. The van der Waals surface area contributed by atoms with Crippen molar-refractivity contribution in [3.63, 3.8) is 0 Å². The van der Waals surface area contributed by atoms with Crippen molar-refractivity contribution >= 4 is 17.9 Å². The summed E-state index contributed by atoms with van der Waals surface area (Å²) in [4.78, 5) is 33.0. The van der Waals surface area contributed by atoms with Gasteiger partial charge in [0.05, 0.1) is 7.11 Å². The molecule has 0 amide bonds. The molecular weight excluding hydrogens is 336 g/mol. The second-order valence-electron chi connectivity index (χ2n) is 6.45. The topological polar surface area (TPSA) is 78.9 Å². The molecule has 0 bridgehead atoms. The van der Waals surface area contributed by atoms with E-state index in [9.17, 15) is 14.4 Å². The van der Waals surface area contributed by atoms with E-state index in [-0.39, 0.29) is 12.2 Å². The highest BCUT2D eigenvalue weighted by atomic mass is 16.5. The second-order valence-corrected chi connectivity index (χ2v) is 6.45. The molecule has 6 heteroatoms. The summed E-state index contributed by atoms with van der Waals surface area (Å²) in [5.41, 5.74) is 0. The van der Waals surface area contributed by atoms with Gasteiger partial charge in [-0.25, -0.2) is 14.4 Å². The third-order valence-electron chi connectivity index (χ3n) is 4.39. The van der Waals surface area contributed by atoms with Crippen LogP contribution in [0.5, 0.6) is 0 Å². The van der Waals surface area contributed by atoms with Gasteiger partial charge in [-0.3, -0.25) is 0 Å². The lowest BCUT2D eigenvalue weighted by Gasteiger charge is -2.21. The van der Waals surface area contributed by atoms with Gasteiger partial charge >= 0.3 is 17.9 Å². The Bertz CT molecular complexity index is 451. The summed E-state index contributed by atoms with van der Waals surface area (Å²) < 4.78 is 14.7. The normalized spacial score (nSPS) is 18.3. The lowest BCUT2D eigenvalue weighted by Crippen LogP contribution is -2.21. The van der Waals surface area contributed by atoms with Crippen LogP contribution >= 0.6 is 0 Å². The Balaban J connectivity index is 0.000000487. The van der Waals surface area contributed by atoms with Gasteiger partial charge in [0.1, 0.15) is 12.2 Å². The number of esters is 3. The van der Waals surface area contributed by atoms with Gasteiger partial charge < -0.3 is 14.2 Å². The summed E-state index contributed by atoms with van der Waals surface area (Å²) >= 11 is 0. The van der Waals surface area contributed by atoms with E-state index in [0.29, 0.717) is 0 Å². The fraction of sp³-hybridized carbons (Fsp3) is 0.650. The molecule has 0 unspecified atom stereocenters. The molecule has 0 aliphatic heterocycles. The van der Waals surface area contributed by atoms with E-state index in [1.165, 1.54) is 32.1 Å². The van der Waals surface area contributed by atoms with Crippen LogP contribution in [0.3, 0.4) is 0 Å². The quantitative estimate of drug-likeness (QED) is 0.420. The van der Waals surface area contributed by atoms with Crippen LogP contribution in [0.1, 0.15) is 64.2 Å². The number of hydrogen-bond donors (Lipinski definition) is 0. The van der Waals surface area contributed by atoms with E-state index >= 15 is 0 Å². The Morgan fingerprint density at radius 3 is 1.38 bits per heavy atom. The zero-order valence-corrected chi connectivity index (χ0v) is 15.6. The van der Waals surface area contributed by atoms with Gasteiger partial charge in [-0.15, -0.1) is 0 Å². The molecule has 0 radical (unpaired) electrons. The molecule has 2 aliphatic rings. The number of ether oxygens (including phenoxy) is 3. The first-order chi connectivity index (χ1) is 12.5. The van der Waals surface area contributed by atoms with E-state index in [4.69, 9.17) is 9.47 Å². The lowest BCUT2D eigenvalue weighted by atomic mass is 9.98. The minimum Gasteiger partial charge on any atom is -0.466 e. The number of hydrogen-bond acceptors (Lipinski definition) is 6. The minimum absolute atomic E-state index is 0.0234. The molecule has 2 rings (SSSR count). The molecule has 0 aromatic rings. The van der Waals surface area contributed by atoms with Crippen LogP contribution in [0.15, 0.2) is 24.8 Å². The van der Waals surface area contributed by atoms with E-state index in [0.717, 1.165) is 57.4 Å². The summed E-state index contributed by atoms with van der Waals surface area (Å²) in [7, 11) is 1.31. The van der Waals surface area contributed by atoms with Crippen LogP contribution in [0.4, 0.5) is 0 Å². The summed E-state index contributed by atoms with van der Waals surface area (Å²) in [6, 6.07) is 0. The molecule has 146 valence electrons. The van der Waals surface area contributed by atoms with Crippen molar-refractivity contribution in [2.75, 3.05) is 7.11 Å². The van der Waals surface area contributed by atoms with Gasteiger partial charge in [0.15, 0.2) is 0 Å². The summed E-state index contributed by atoms with van der Waals surface area (Å²) in [6.07, 6.45) is 14.2. The smallest absolute Gasteiger partial charge is 0.331 e. The number of rotatable bonds is 5. The summed E-state index contributed by atoms with van der Waals surface area (Å²) in [5, 5.41) is 0. The van der Waals surface area contributed by atoms with Crippen LogP contribution in [0.2, 0.25) is 0 Å². The molecule has 6 nitrogen and oxygen atoms in total. The maximum atomic E-state index is 11.6. The lowest BCUT2D eigenvalue weighted by molar-refractivity contribution is -0.147. The van der Waals surface area contributed by atoms with E-state index in [1.54, 1.807) is 0 Å². The Morgan fingerprint density at radius 1 is 0.731 bits per heavy atom. The van der Waals surface area contributed by atoms with Gasteiger partial charge in [-0.2, -0.15) is 0 Å². The van der Waals surface area contributed by atoms with Crippen molar-refractivity contribution in [3.8, 4) is 0 Å². The van der Waals surface area contributed by atoms with Gasteiger partial charge in [0, 0.05) is 18.2 Å². The average Bonchev–Trinajstić information content (AvgIpc) is 2.68. The molecule has 0 spiro atoms. The van der Waals surface area contributed by atoms with Gasteiger partial charge in [-0.1, -0.05) is 19.4 Å². The molecule has 26 heavy (non-hydrogen) atoms. The van der Waals surface area contributed by atoms with Gasteiger partial charge in [-0.05, 0) is 51.4 Å². The van der Waals surface area contributed by atoms with Gasteiger partial charge in [0.25, 0.3) is 0 Å². The van der Waals surface area contributed by atoms with Crippen molar-refractivity contribution in [2.45, 2.75) is 76.4 Å². The Labute approximate surface area is 155 Å². The number of methoxy groups -OCH3 is 1. The van der Waals surface area contributed by atoms with E-state index in [2.05, 4.69) is 11.3 Å². The third-order valence-corrected chi connectivity index (χ3v) is 4.39. The Hall–Kier alpha value is -2.11. The maximum absolute atomic E-state index is 11.6. The second kappa shape index (κ2) is 13.1. The molecule has 0 saturated heterocycles. The summed E-state index contributed by atoms with van der Waals surface area (Å²) in [6.45, 7) is 3.16. The highest BCUT2D eigenvalue weighted by Crippen LogP contribution is 2.21. The molecule has 0 aromatic heterocycles. The van der Waals surface area contributed by atoms with Crippen molar-refractivity contribution in [1.82, 2.24) is 0 Å². The summed E-state index contributed by atoms with van der Waals surface area (Å²) in [5.74, 6) is -1.26. The average molecular weight is 366 g/mol. The molecule has 2 saturated carbocycles. The monoisotopic (exact) mass is 366 g/mol. The van der Waals surface area contributed by atoms with E-state index < -0.39 is 17.9 Å². The SMILES string of the molecule is C=CC(=O)OC.O=C(/C=C\C(=O)OC1CCCCC1)OC1CCCCC1. The first-order valence-electron chi connectivity index (χ1n) is 9.34. The molecular formula is C20H30O6. The molecule has 0 aromatic carbocycles. The van der Waals surface area contributed by atoms with Crippen LogP contribution in [0, 0.1) is 0 Å². The molecule has 2 fully saturated rings. The molecule has 0 heterocycles. The number of carbonyl (C=O) groups excluding carboxylic acids is 3. The maximum Gasteiger partial charge on any atom is 0.331 e. The minimum atomic E-state index is -0.433. The standard InChI is InChI=1S/C16H24O4.C4H6O2/c17-15(19-13-7-3-1-4-8-13)11-12-16(18)20-14-9-5-2-6-10-14;1-3-4(5)6-2/h11-14H,1-10H2;3H,1H2,2H3/b12-11-;. The Kier molecular flexibility index (Phi) is 11.1. The van der Waals surface area contributed by atoms with Crippen molar-refractivity contribution in [3.05, 3.63) is 24.8 Å². The zero-order valence-electron chi connectivity index (χ0n) is 15.6. The molecule has 0 atom stereocenters. The number of carbonyl (C=O) groups is 3. The predicted molar refractivity (Wildman–Crippen MR) is 97.3 cm³/mol. The highest BCUT2D eigenvalue weighted by molar-refractivity contribution is 5.91. The van der Waals surface area contributed by atoms with Crippen molar-refractivity contribution in [2.24, 2.45) is 0 Å². The molecule has 2 aliphatic carbocycles. The molecule has 0 N–H and O–H groups in total. The van der Waals surface area contributed by atoms with Crippen molar-refractivity contribution in [1.29, 1.82) is 0 Å². The first kappa shape index (κ1) is 21.9. The fourth-order valence-corrected chi connectivity index (χ4v) is 2.99. The Morgan fingerprint density at radius 2 is 1.12 bits per heavy atom. The van der Waals surface area contributed by atoms with Crippen LogP contribution < -0.4 is 0 Å². The van der Waals surface area contributed by atoms with Gasteiger partial charge in [0.2, 0.25) is 0 Å². The van der Waals surface area contributed by atoms with Crippen LogP contribution in [0.25, 0.3) is 0 Å². The highest BCUT2D eigenvalue weighted by Gasteiger charge is 2.18. The first-order valence-corrected chi connectivity index (χ1v) is 9.34. The van der Waals surface area contributed by atoms with Crippen molar-refractivity contribution < 1.29 is 28.6 Å². The van der Waals surface area contributed by atoms with E-state index in [1.807, 2.05) is 0 Å². The van der Waals surface area contributed by atoms with Crippen LogP contribution in [-0.4, -0.2) is 37.2 Å². The fourth-order valence-electron chi connectivity index (χ4n) is 2.99. The van der Waals surface area contributed by atoms with Crippen LogP contribution in [-0.2, 0) is 28.6 Å². The predicted octanol–water partition coefficient (Wildman–Crippen LogP) is 3.64. The zero-order chi connectivity index (χ0) is 19.2. The third kappa shape index (κ3) is 10.0.